The third kappa shape index (κ3) is 3.23. The van der Waals surface area contributed by atoms with Gasteiger partial charge in [0, 0.05) is 35.1 Å². The van der Waals surface area contributed by atoms with Crippen molar-refractivity contribution in [2.45, 2.75) is 13.0 Å². The number of halogens is 2. The average molecular weight is 228 g/mol. The first-order valence-corrected chi connectivity index (χ1v) is 5.08. The van der Waals surface area contributed by atoms with Gasteiger partial charge in [-0.2, -0.15) is 0 Å². The molecule has 3 heteroatoms. The molecule has 0 fully saturated rings. The summed E-state index contributed by atoms with van der Waals surface area (Å²) < 4.78 is 0. The van der Waals surface area contributed by atoms with Crippen molar-refractivity contribution < 1.29 is 0 Å². The maximum Gasteiger partial charge on any atom is 0.0465 e. The van der Waals surface area contributed by atoms with E-state index >= 15 is 0 Å². The van der Waals surface area contributed by atoms with Crippen LogP contribution in [0.4, 0.5) is 0 Å². The molecule has 0 heterocycles. The molecule has 0 atom stereocenters. The molecule has 0 saturated carbocycles. The van der Waals surface area contributed by atoms with Crippen LogP contribution in [0.2, 0.25) is 10.0 Å². The molecule has 0 radical (unpaired) electrons. The predicted octanol–water partition coefficient (Wildman–Crippen LogP) is 3.11. The van der Waals surface area contributed by atoms with E-state index in [2.05, 4.69) is 11.2 Å². The molecular formula is C11H11Cl2N. The number of benzene rings is 1. The Balaban J connectivity index is 2.54. The minimum absolute atomic E-state index is 0.653. The van der Waals surface area contributed by atoms with Crippen molar-refractivity contribution >= 4 is 23.2 Å². The lowest BCUT2D eigenvalue weighted by molar-refractivity contribution is 0.701. The van der Waals surface area contributed by atoms with Gasteiger partial charge in [-0.25, -0.2) is 0 Å². The number of nitrogens with one attached hydrogen (secondary N) is 1. The van der Waals surface area contributed by atoms with Gasteiger partial charge in [0.05, 0.1) is 0 Å². The van der Waals surface area contributed by atoms with Crippen LogP contribution in [0.25, 0.3) is 0 Å². The normalized spacial score (nSPS) is 9.79. The van der Waals surface area contributed by atoms with Crippen LogP contribution in [0.3, 0.4) is 0 Å². The summed E-state index contributed by atoms with van der Waals surface area (Å²) in [5.74, 6) is 2.55. The van der Waals surface area contributed by atoms with E-state index in [1.54, 1.807) is 0 Å². The fourth-order valence-electron chi connectivity index (χ4n) is 1.08. The zero-order valence-electron chi connectivity index (χ0n) is 7.69. The number of hydrogen-bond acceptors (Lipinski definition) is 1. The summed E-state index contributed by atoms with van der Waals surface area (Å²) in [6.07, 6.45) is 5.84. The first-order chi connectivity index (χ1) is 6.75. The van der Waals surface area contributed by atoms with Gasteiger partial charge in [-0.1, -0.05) is 29.3 Å². The monoisotopic (exact) mass is 227 g/mol. The van der Waals surface area contributed by atoms with E-state index in [9.17, 15) is 0 Å². The van der Waals surface area contributed by atoms with Crippen molar-refractivity contribution in [3.05, 3.63) is 33.8 Å². The van der Waals surface area contributed by atoms with Crippen LogP contribution < -0.4 is 5.32 Å². The van der Waals surface area contributed by atoms with Crippen LogP contribution in [0.5, 0.6) is 0 Å². The Hall–Kier alpha value is -0.680. The first kappa shape index (κ1) is 11.4. The summed E-state index contributed by atoms with van der Waals surface area (Å²) in [6.45, 7) is 1.43. The fraction of sp³-hybridized carbons (Fsp3) is 0.273. The molecule has 14 heavy (non-hydrogen) atoms. The Labute approximate surface area is 94.4 Å². The lowest BCUT2D eigenvalue weighted by Crippen LogP contribution is -2.14. The van der Waals surface area contributed by atoms with E-state index in [0.29, 0.717) is 23.0 Å². The summed E-state index contributed by atoms with van der Waals surface area (Å²) in [7, 11) is 0. The van der Waals surface area contributed by atoms with Gasteiger partial charge >= 0.3 is 0 Å². The zero-order chi connectivity index (χ0) is 10.4. The quantitative estimate of drug-likeness (QED) is 0.616. The van der Waals surface area contributed by atoms with Crippen LogP contribution >= 0.6 is 23.2 Å². The van der Waals surface area contributed by atoms with Gasteiger partial charge in [0.1, 0.15) is 0 Å². The fourth-order valence-corrected chi connectivity index (χ4v) is 1.61. The molecule has 0 saturated heterocycles. The molecular weight excluding hydrogens is 217 g/mol. The third-order valence-corrected chi connectivity index (χ3v) is 2.52. The Morgan fingerprint density at radius 3 is 2.50 bits per heavy atom. The molecule has 0 bridgehead atoms. The van der Waals surface area contributed by atoms with Crippen molar-refractivity contribution in [3.8, 4) is 12.3 Å². The van der Waals surface area contributed by atoms with E-state index in [0.717, 1.165) is 12.1 Å². The second kappa shape index (κ2) is 5.93. The highest BCUT2D eigenvalue weighted by molar-refractivity contribution is 6.35. The second-order valence-corrected chi connectivity index (χ2v) is 3.65. The molecule has 1 nitrogen and oxygen atoms in total. The van der Waals surface area contributed by atoms with E-state index in [1.165, 1.54) is 0 Å². The van der Waals surface area contributed by atoms with Crippen molar-refractivity contribution in [1.29, 1.82) is 0 Å². The number of rotatable bonds is 4. The number of terminal acetylenes is 1. The lowest BCUT2D eigenvalue weighted by atomic mass is 10.2. The van der Waals surface area contributed by atoms with Gasteiger partial charge in [0.15, 0.2) is 0 Å². The molecule has 0 aliphatic rings. The molecule has 0 amide bonds. The van der Waals surface area contributed by atoms with Crippen molar-refractivity contribution in [2.24, 2.45) is 0 Å². The summed E-state index contributed by atoms with van der Waals surface area (Å²) in [4.78, 5) is 0. The standard InChI is InChI=1S/C11H11Cl2N/c1-2-3-7-14-8-9-10(12)5-4-6-11(9)13/h1,4-6,14H,3,7-8H2. The largest absolute Gasteiger partial charge is 0.312 e. The topological polar surface area (TPSA) is 12.0 Å². The van der Waals surface area contributed by atoms with Crippen LogP contribution in [0, 0.1) is 12.3 Å². The summed E-state index contributed by atoms with van der Waals surface area (Å²) in [5, 5.41) is 4.54. The minimum Gasteiger partial charge on any atom is -0.312 e. The molecule has 0 unspecified atom stereocenters. The second-order valence-electron chi connectivity index (χ2n) is 2.83. The Bertz CT molecular complexity index is 321. The van der Waals surface area contributed by atoms with Crippen molar-refractivity contribution in [3.63, 3.8) is 0 Å². The molecule has 0 spiro atoms. The van der Waals surface area contributed by atoms with Gasteiger partial charge in [-0.05, 0) is 12.1 Å². The highest BCUT2D eigenvalue weighted by atomic mass is 35.5. The van der Waals surface area contributed by atoms with Crippen LogP contribution in [-0.4, -0.2) is 6.54 Å². The highest BCUT2D eigenvalue weighted by Crippen LogP contribution is 2.23. The SMILES string of the molecule is C#CCCNCc1c(Cl)cccc1Cl. The molecule has 74 valence electrons. The first-order valence-electron chi connectivity index (χ1n) is 4.32. The van der Waals surface area contributed by atoms with E-state index in [1.807, 2.05) is 18.2 Å². The molecule has 0 aliphatic heterocycles. The lowest BCUT2D eigenvalue weighted by Gasteiger charge is -2.07. The van der Waals surface area contributed by atoms with Gasteiger partial charge in [-0.3, -0.25) is 0 Å². The molecule has 1 aromatic carbocycles. The van der Waals surface area contributed by atoms with Crippen molar-refractivity contribution in [1.82, 2.24) is 5.32 Å². The third-order valence-electron chi connectivity index (χ3n) is 1.81. The average Bonchev–Trinajstić information content (AvgIpc) is 2.16. The summed E-state index contributed by atoms with van der Waals surface area (Å²) in [6, 6.07) is 5.48. The van der Waals surface area contributed by atoms with Crippen LogP contribution in [0.1, 0.15) is 12.0 Å². The van der Waals surface area contributed by atoms with E-state index in [4.69, 9.17) is 29.6 Å². The van der Waals surface area contributed by atoms with Gasteiger partial charge in [0.2, 0.25) is 0 Å². The smallest absolute Gasteiger partial charge is 0.0465 e. The molecule has 1 aromatic rings. The van der Waals surface area contributed by atoms with Gasteiger partial charge < -0.3 is 5.32 Å². The van der Waals surface area contributed by atoms with Crippen LogP contribution in [0.15, 0.2) is 18.2 Å². The Kier molecular flexibility index (Phi) is 4.82. The Morgan fingerprint density at radius 2 is 1.93 bits per heavy atom. The van der Waals surface area contributed by atoms with Gasteiger partial charge in [-0.15, -0.1) is 12.3 Å². The Morgan fingerprint density at radius 1 is 1.29 bits per heavy atom. The number of hydrogen-bond donors (Lipinski definition) is 1. The highest BCUT2D eigenvalue weighted by Gasteiger charge is 2.03. The maximum absolute atomic E-state index is 5.98. The van der Waals surface area contributed by atoms with E-state index < -0.39 is 0 Å². The molecule has 1 rings (SSSR count). The zero-order valence-corrected chi connectivity index (χ0v) is 9.20. The molecule has 0 aliphatic carbocycles. The minimum atomic E-state index is 0.653. The summed E-state index contributed by atoms with van der Waals surface area (Å²) in [5.41, 5.74) is 0.924. The maximum atomic E-state index is 5.98. The molecule has 0 aromatic heterocycles. The van der Waals surface area contributed by atoms with E-state index in [-0.39, 0.29) is 0 Å². The van der Waals surface area contributed by atoms with Crippen molar-refractivity contribution in [2.75, 3.05) is 6.54 Å². The van der Waals surface area contributed by atoms with Crippen LogP contribution in [-0.2, 0) is 6.54 Å². The predicted molar refractivity (Wildman–Crippen MR) is 61.6 cm³/mol. The summed E-state index contributed by atoms with van der Waals surface area (Å²) >= 11 is 12.0. The van der Waals surface area contributed by atoms with Gasteiger partial charge in [0.25, 0.3) is 0 Å². The molecule has 1 N–H and O–H groups in total.